The zero-order chi connectivity index (χ0) is 36.3. The van der Waals surface area contributed by atoms with E-state index in [1.165, 1.54) is 24.3 Å². The summed E-state index contributed by atoms with van der Waals surface area (Å²) < 4.78 is 37.3. The molecule has 0 aromatic heterocycles. The third-order valence-corrected chi connectivity index (χ3v) is 8.28. The number of carboxylic acids is 1. The number of hydrogen-bond acceptors (Lipinski definition) is 5. The number of aromatic carboxylic acids is 1. The molecule has 0 aliphatic carbocycles. The van der Waals surface area contributed by atoms with Gasteiger partial charge in [0.1, 0.15) is 11.6 Å². The first-order chi connectivity index (χ1) is 24.8. The van der Waals surface area contributed by atoms with Crippen molar-refractivity contribution in [3.63, 3.8) is 0 Å². The van der Waals surface area contributed by atoms with Crippen LogP contribution in [0.2, 0.25) is 0 Å². The Bertz CT molecular complexity index is 1830. The van der Waals surface area contributed by atoms with Gasteiger partial charge in [-0.1, -0.05) is 47.9 Å². The second kappa shape index (κ2) is 21.0. The molecule has 51 heavy (non-hydrogen) atoms. The first kappa shape index (κ1) is 38.5. The molecule has 7 nitrogen and oxygen atoms in total. The fourth-order valence-corrected chi connectivity index (χ4v) is 5.08. The molecule has 0 saturated carbocycles. The van der Waals surface area contributed by atoms with Gasteiger partial charge in [-0.05, 0) is 117 Å². The van der Waals surface area contributed by atoms with Crippen LogP contribution in [0, 0.1) is 47.2 Å². The largest absolute Gasteiger partial charge is 0.478 e. The van der Waals surface area contributed by atoms with Crippen molar-refractivity contribution in [2.75, 3.05) is 39.5 Å². The maximum atomic E-state index is 13.5. The van der Waals surface area contributed by atoms with Crippen molar-refractivity contribution in [2.45, 2.75) is 25.7 Å². The van der Waals surface area contributed by atoms with Crippen molar-refractivity contribution >= 4 is 11.9 Å². The van der Waals surface area contributed by atoms with Gasteiger partial charge < -0.3 is 25.6 Å². The predicted molar refractivity (Wildman–Crippen MR) is 193 cm³/mol. The number of carbonyl (C=O) groups excluding carboxylic acids is 1. The number of benzene rings is 4. The number of nitrogens with two attached hydrogens (primary N) is 1. The maximum absolute atomic E-state index is 13.5. The van der Waals surface area contributed by atoms with Crippen LogP contribution in [0.1, 0.15) is 68.7 Å². The van der Waals surface area contributed by atoms with Gasteiger partial charge >= 0.3 is 5.97 Å². The lowest BCUT2D eigenvalue weighted by Crippen LogP contribution is -2.32. The summed E-state index contributed by atoms with van der Waals surface area (Å²) in [5.41, 5.74) is 8.31. The Balaban J connectivity index is 0.000000194. The minimum Gasteiger partial charge on any atom is -0.478 e. The average Bonchev–Trinajstić information content (AvgIpc) is 3.18. The second-order valence-electron chi connectivity index (χ2n) is 12.0. The summed E-state index contributed by atoms with van der Waals surface area (Å²) in [6.45, 7) is 4.90. The number of carbonyl (C=O) groups is 2. The van der Waals surface area contributed by atoms with Gasteiger partial charge in [0.25, 0.3) is 5.91 Å². The number of halogens is 2. The number of carboxylic acid groups (broad SMARTS) is 1. The minimum absolute atomic E-state index is 0.0832. The molecule has 4 aromatic carbocycles. The fraction of sp³-hybridized carbons (Fsp3) is 0.286. The van der Waals surface area contributed by atoms with E-state index in [2.05, 4.69) is 29.0 Å². The van der Waals surface area contributed by atoms with Crippen LogP contribution in [-0.2, 0) is 9.47 Å². The lowest BCUT2D eigenvalue weighted by Gasteiger charge is -2.22. The quantitative estimate of drug-likeness (QED) is 0.202. The molecule has 2 fully saturated rings. The van der Waals surface area contributed by atoms with E-state index in [0.29, 0.717) is 34.7 Å². The van der Waals surface area contributed by atoms with Crippen LogP contribution < -0.4 is 11.1 Å². The van der Waals surface area contributed by atoms with Gasteiger partial charge in [-0.25, -0.2) is 13.6 Å². The topological polar surface area (TPSA) is 111 Å². The summed E-state index contributed by atoms with van der Waals surface area (Å²) in [5, 5.41) is 11.7. The van der Waals surface area contributed by atoms with Gasteiger partial charge in [0, 0.05) is 49.7 Å². The molecule has 2 aliphatic heterocycles. The van der Waals surface area contributed by atoms with Gasteiger partial charge in [-0.3, -0.25) is 4.79 Å². The van der Waals surface area contributed by atoms with Gasteiger partial charge in [0.15, 0.2) is 0 Å². The molecule has 264 valence electrons. The molecule has 9 heteroatoms. The molecule has 2 heterocycles. The normalized spacial score (nSPS) is 14.1. The molecule has 0 atom stereocenters. The van der Waals surface area contributed by atoms with Crippen LogP contribution in [0.3, 0.4) is 0 Å². The minimum atomic E-state index is -0.983. The zero-order valence-electron chi connectivity index (χ0n) is 28.4. The van der Waals surface area contributed by atoms with Crippen LogP contribution in [-0.4, -0.2) is 56.5 Å². The summed E-state index contributed by atoms with van der Waals surface area (Å²) >= 11 is 0. The van der Waals surface area contributed by atoms with Crippen LogP contribution >= 0.6 is 0 Å². The fourth-order valence-electron chi connectivity index (χ4n) is 5.08. The molecule has 0 bridgehead atoms. The van der Waals surface area contributed by atoms with Crippen molar-refractivity contribution in [1.29, 1.82) is 0 Å². The van der Waals surface area contributed by atoms with E-state index in [1.54, 1.807) is 72.8 Å². The molecule has 2 aliphatic rings. The highest BCUT2D eigenvalue weighted by Crippen LogP contribution is 2.14. The van der Waals surface area contributed by atoms with Gasteiger partial charge in [-0.2, -0.15) is 0 Å². The van der Waals surface area contributed by atoms with Crippen LogP contribution in [0.5, 0.6) is 0 Å². The molecule has 6 rings (SSSR count). The van der Waals surface area contributed by atoms with Crippen molar-refractivity contribution < 1.29 is 33.0 Å². The zero-order valence-corrected chi connectivity index (χ0v) is 28.4. The Kier molecular flexibility index (Phi) is 15.9. The van der Waals surface area contributed by atoms with Crippen molar-refractivity contribution in [2.24, 2.45) is 17.6 Å². The number of amides is 1. The Hall–Kier alpha value is -5.32. The third-order valence-electron chi connectivity index (χ3n) is 8.28. The van der Waals surface area contributed by atoms with E-state index in [0.717, 1.165) is 70.1 Å². The third kappa shape index (κ3) is 13.5. The highest BCUT2D eigenvalue weighted by atomic mass is 19.1. The Morgan fingerprint density at radius 3 is 1.49 bits per heavy atom. The first-order valence-corrected chi connectivity index (χ1v) is 16.9. The Labute approximate surface area is 298 Å². The smallest absolute Gasteiger partial charge is 0.335 e. The lowest BCUT2D eigenvalue weighted by molar-refractivity contribution is 0.0642. The van der Waals surface area contributed by atoms with E-state index in [4.69, 9.17) is 20.3 Å². The van der Waals surface area contributed by atoms with Crippen LogP contribution in [0.25, 0.3) is 0 Å². The summed E-state index contributed by atoms with van der Waals surface area (Å²) in [6.07, 6.45) is 4.31. The number of rotatable bonds is 5. The molecule has 2 saturated heterocycles. The van der Waals surface area contributed by atoms with Crippen LogP contribution in [0.4, 0.5) is 8.78 Å². The molecule has 0 unspecified atom stereocenters. The number of ether oxygens (including phenoxy) is 2. The molecule has 0 radical (unpaired) electrons. The van der Waals surface area contributed by atoms with Gasteiger partial charge in [0.2, 0.25) is 0 Å². The highest BCUT2D eigenvalue weighted by Gasteiger charge is 2.15. The first-order valence-electron chi connectivity index (χ1n) is 16.9. The molecule has 0 spiro atoms. The Morgan fingerprint density at radius 2 is 1.08 bits per heavy atom. The molecule has 4 N–H and O–H groups in total. The summed E-state index contributed by atoms with van der Waals surface area (Å²) in [7, 11) is 0. The van der Waals surface area contributed by atoms with E-state index >= 15 is 0 Å². The van der Waals surface area contributed by atoms with E-state index < -0.39 is 5.97 Å². The summed E-state index contributed by atoms with van der Waals surface area (Å²) in [4.78, 5) is 22.8. The molecular formula is C42H42F2N2O5. The number of hydrogen-bond donors (Lipinski definition) is 3. The molecule has 1 amide bonds. The van der Waals surface area contributed by atoms with E-state index in [-0.39, 0.29) is 23.1 Å². The standard InChI is InChI=1S/C21H20FNO2.C15H9FO2.C6H13NO/c22-20-4-2-1-3-18(20)8-5-16-6-9-19(10-7-16)21(24)23-15-17-11-13-25-14-12-17;16-14-4-2-1-3-12(14)8-5-11-6-9-13(10-7-11)15(17)18;7-5-6-1-3-8-4-2-6/h1-4,6-7,9-10,17H,11-15H2,(H,23,24);1-4,6-7,9-10H,(H,17,18);6H,1-5,7H2. The second-order valence-corrected chi connectivity index (χ2v) is 12.0. The van der Waals surface area contributed by atoms with Crippen LogP contribution in [0.15, 0.2) is 97.1 Å². The highest BCUT2D eigenvalue weighted by molar-refractivity contribution is 5.94. The molecule has 4 aromatic rings. The average molecular weight is 693 g/mol. The number of nitrogens with one attached hydrogen (secondary N) is 1. The maximum Gasteiger partial charge on any atom is 0.335 e. The van der Waals surface area contributed by atoms with Crippen molar-refractivity contribution in [3.8, 4) is 23.7 Å². The van der Waals surface area contributed by atoms with Gasteiger partial charge in [0.05, 0.1) is 16.7 Å². The summed E-state index contributed by atoms with van der Waals surface area (Å²) in [5.74, 6) is 10.7. The Morgan fingerprint density at radius 1 is 0.647 bits per heavy atom. The summed E-state index contributed by atoms with van der Waals surface area (Å²) in [6, 6.07) is 25.8. The SMILES string of the molecule is NCC1CCOCC1.O=C(NCC1CCOCC1)c1ccc(C#Cc2ccccc2F)cc1.O=C(O)c1ccc(C#Cc2ccccc2F)cc1. The monoisotopic (exact) mass is 692 g/mol. The molecular weight excluding hydrogens is 650 g/mol. The van der Waals surface area contributed by atoms with Crippen molar-refractivity contribution in [1.82, 2.24) is 5.32 Å². The van der Waals surface area contributed by atoms with Crippen molar-refractivity contribution in [3.05, 3.63) is 142 Å². The van der Waals surface area contributed by atoms with E-state index in [9.17, 15) is 18.4 Å². The van der Waals surface area contributed by atoms with E-state index in [1.807, 2.05) is 0 Å². The lowest BCUT2D eigenvalue weighted by atomic mass is 10.0. The van der Waals surface area contributed by atoms with Gasteiger partial charge in [-0.15, -0.1) is 0 Å². The predicted octanol–water partition coefficient (Wildman–Crippen LogP) is 6.68.